The highest BCUT2D eigenvalue weighted by Crippen LogP contribution is 2.25. The molecule has 0 aliphatic carbocycles. The van der Waals surface area contributed by atoms with Gasteiger partial charge in [-0.1, -0.05) is 43.7 Å². The molecule has 1 atom stereocenters. The first kappa shape index (κ1) is 24.4. The summed E-state index contributed by atoms with van der Waals surface area (Å²) in [7, 11) is 1.55. The molecule has 10 heteroatoms. The number of ether oxygens (including phenoxy) is 2. The van der Waals surface area contributed by atoms with Crippen molar-refractivity contribution in [3.8, 4) is 5.75 Å². The van der Waals surface area contributed by atoms with Crippen LogP contribution in [0, 0.1) is 12.8 Å². The first-order valence-corrected chi connectivity index (χ1v) is 10.7. The predicted octanol–water partition coefficient (Wildman–Crippen LogP) is 3.01. The summed E-state index contributed by atoms with van der Waals surface area (Å²) in [6.45, 7) is 5.33. The van der Waals surface area contributed by atoms with Crippen LogP contribution in [0.2, 0.25) is 0 Å². The summed E-state index contributed by atoms with van der Waals surface area (Å²) >= 11 is 0. The van der Waals surface area contributed by atoms with E-state index in [1.807, 2.05) is 45.0 Å². The van der Waals surface area contributed by atoms with Gasteiger partial charge in [0.2, 0.25) is 11.9 Å². The van der Waals surface area contributed by atoms with Crippen LogP contribution >= 0.6 is 0 Å². The van der Waals surface area contributed by atoms with E-state index in [2.05, 4.69) is 25.6 Å². The van der Waals surface area contributed by atoms with Crippen LogP contribution in [0.1, 0.15) is 35.6 Å². The number of hydrogen-bond acceptors (Lipinski definition) is 9. The van der Waals surface area contributed by atoms with Gasteiger partial charge in [0, 0.05) is 5.56 Å². The van der Waals surface area contributed by atoms with E-state index < -0.39 is 12.0 Å². The number of methoxy groups -OCH3 is 1. The minimum atomic E-state index is -0.848. The number of nitrogens with one attached hydrogen (secondary N) is 2. The highest BCUT2D eigenvalue weighted by atomic mass is 16.5. The Hall–Kier alpha value is -4.21. The Morgan fingerprint density at radius 1 is 1.03 bits per heavy atom. The average Bonchev–Trinajstić information content (AvgIpc) is 2.81. The van der Waals surface area contributed by atoms with Gasteiger partial charge in [0.05, 0.1) is 12.8 Å². The summed E-state index contributed by atoms with van der Waals surface area (Å²) in [5.41, 5.74) is 7.94. The number of esters is 1. The van der Waals surface area contributed by atoms with Crippen LogP contribution in [0.4, 0.5) is 17.6 Å². The Labute approximate surface area is 197 Å². The van der Waals surface area contributed by atoms with Gasteiger partial charge in [-0.15, -0.1) is 0 Å². The van der Waals surface area contributed by atoms with Crippen molar-refractivity contribution in [1.82, 2.24) is 20.3 Å². The number of hydrogen-bond donors (Lipinski definition) is 3. The molecule has 3 rings (SSSR count). The van der Waals surface area contributed by atoms with Crippen LogP contribution in [0.15, 0.2) is 48.5 Å². The van der Waals surface area contributed by atoms with Crippen molar-refractivity contribution in [1.29, 1.82) is 0 Å². The maximum Gasteiger partial charge on any atom is 0.329 e. The molecule has 178 valence electrons. The Morgan fingerprint density at radius 2 is 1.74 bits per heavy atom. The van der Waals surface area contributed by atoms with Gasteiger partial charge in [0.25, 0.3) is 5.91 Å². The Balaban J connectivity index is 1.67. The lowest BCUT2D eigenvalue weighted by molar-refractivity contribution is -0.148. The number of rotatable bonds is 9. The molecule has 0 fully saturated rings. The lowest BCUT2D eigenvalue weighted by atomic mass is 10.0. The monoisotopic (exact) mass is 464 g/mol. The van der Waals surface area contributed by atoms with Crippen molar-refractivity contribution in [2.75, 3.05) is 18.2 Å². The van der Waals surface area contributed by atoms with Gasteiger partial charge in [-0.2, -0.15) is 15.0 Å². The second-order valence-electron chi connectivity index (χ2n) is 7.93. The number of carbonyl (C=O) groups excluding carboxylic acids is 2. The molecule has 0 aliphatic rings. The molecule has 4 N–H and O–H groups in total. The molecule has 1 heterocycles. The van der Waals surface area contributed by atoms with E-state index in [1.165, 1.54) is 0 Å². The molecule has 10 nitrogen and oxygen atoms in total. The second kappa shape index (κ2) is 11.1. The van der Waals surface area contributed by atoms with Crippen molar-refractivity contribution >= 4 is 29.5 Å². The molecule has 2 aromatic carbocycles. The maximum absolute atomic E-state index is 12.8. The molecular weight excluding hydrogens is 436 g/mol. The van der Waals surface area contributed by atoms with E-state index in [0.717, 1.165) is 5.56 Å². The van der Waals surface area contributed by atoms with Crippen molar-refractivity contribution < 1.29 is 19.1 Å². The highest BCUT2D eigenvalue weighted by molar-refractivity contribution is 5.96. The van der Waals surface area contributed by atoms with E-state index in [9.17, 15) is 9.59 Å². The SMILES string of the molecule is COc1ccccc1Nc1nc(N)nc(COC(=O)[C@@H](NC(=O)c2ccc(C)cc2)C(C)C)n1. The zero-order valence-electron chi connectivity index (χ0n) is 19.5. The van der Waals surface area contributed by atoms with E-state index in [0.29, 0.717) is 17.0 Å². The number of nitrogen functional groups attached to an aromatic ring is 1. The molecule has 1 aromatic heterocycles. The van der Waals surface area contributed by atoms with Crippen LogP contribution in [0.25, 0.3) is 0 Å². The van der Waals surface area contributed by atoms with Gasteiger partial charge >= 0.3 is 5.97 Å². The minimum absolute atomic E-state index is 0.0356. The Kier molecular flexibility index (Phi) is 7.96. The summed E-state index contributed by atoms with van der Waals surface area (Å²) in [4.78, 5) is 37.7. The normalized spacial score (nSPS) is 11.6. The summed E-state index contributed by atoms with van der Waals surface area (Å²) in [5.74, 6) is -0.267. The van der Waals surface area contributed by atoms with Gasteiger partial charge in [0.15, 0.2) is 12.4 Å². The third-order valence-electron chi connectivity index (χ3n) is 4.92. The number of nitrogens with zero attached hydrogens (tertiary/aromatic N) is 3. The molecule has 0 radical (unpaired) electrons. The lowest BCUT2D eigenvalue weighted by Crippen LogP contribution is -2.45. The van der Waals surface area contributed by atoms with E-state index in [1.54, 1.807) is 31.4 Å². The summed E-state index contributed by atoms with van der Waals surface area (Å²) in [6.07, 6.45) is 0. The fourth-order valence-corrected chi connectivity index (χ4v) is 3.08. The first-order chi connectivity index (χ1) is 16.3. The quantitative estimate of drug-likeness (QED) is 0.407. The fraction of sp³-hybridized carbons (Fsp3) is 0.292. The van der Waals surface area contributed by atoms with Gasteiger partial charge in [-0.3, -0.25) is 4.79 Å². The molecule has 0 spiro atoms. The van der Waals surface area contributed by atoms with Gasteiger partial charge < -0.3 is 25.8 Å². The van der Waals surface area contributed by atoms with Crippen LogP contribution < -0.4 is 21.1 Å². The molecule has 34 heavy (non-hydrogen) atoms. The maximum atomic E-state index is 12.8. The Morgan fingerprint density at radius 3 is 2.41 bits per heavy atom. The zero-order valence-corrected chi connectivity index (χ0v) is 19.5. The number of aryl methyl sites for hydroxylation is 1. The van der Waals surface area contributed by atoms with Crippen LogP contribution in [0.5, 0.6) is 5.75 Å². The summed E-state index contributed by atoms with van der Waals surface area (Å²) in [6, 6.07) is 13.5. The van der Waals surface area contributed by atoms with Gasteiger partial charge in [0.1, 0.15) is 11.8 Å². The number of nitrogens with two attached hydrogens (primary N) is 1. The minimum Gasteiger partial charge on any atom is -0.495 e. The van der Waals surface area contributed by atoms with Crippen molar-refractivity contribution in [3.63, 3.8) is 0 Å². The number of benzene rings is 2. The molecule has 0 bridgehead atoms. The topological polar surface area (TPSA) is 141 Å². The van der Waals surface area contributed by atoms with E-state index in [4.69, 9.17) is 15.2 Å². The predicted molar refractivity (Wildman–Crippen MR) is 128 cm³/mol. The Bertz CT molecular complexity index is 1150. The molecule has 0 unspecified atom stereocenters. The number of anilines is 3. The van der Waals surface area contributed by atoms with Crippen LogP contribution in [-0.2, 0) is 16.1 Å². The lowest BCUT2D eigenvalue weighted by Gasteiger charge is -2.21. The number of amides is 1. The van der Waals surface area contributed by atoms with Gasteiger partial charge in [-0.05, 0) is 37.1 Å². The fourth-order valence-electron chi connectivity index (χ4n) is 3.08. The molecule has 0 aliphatic heterocycles. The smallest absolute Gasteiger partial charge is 0.329 e. The highest BCUT2D eigenvalue weighted by Gasteiger charge is 2.26. The third-order valence-corrected chi connectivity index (χ3v) is 4.92. The van der Waals surface area contributed by atoms with Crippen molar-refractivity contribution in [2.24, 2.45) is 5.92 Å². The number of aromatic nitrogens is 3. The van der Waals surface area contributed by atoms with Gasteiger partial charge in [-0.25, -0.2) is 4.79 Å². The second-order valence-corrected chi connectivity index (χ2v) is 7.93. The molecular formula is C24H28N6O4. The molecule has 1 amide bonds. The van der Waals surface area contributed by atoms with Crippen LogP contribution in [-0.4, -0.2) is 40.0 Å². The van der Waals surface area contributed by atoms with E-state index >= 15 is 0 Å². The van der Waals surface area contributed by atoms with Crippen molar-refractivity contribution in [3.05, 3.63) is 65.5 Å². The van der Waals surface area contributed by atoms with Crippen molar-refractivity contribution in [2.45, 2.75) is 33.4 Å². The molecule has 3 aromatic rings. The number of carbonyl (C=O) groups is 2. The summed E-state index contributed by atoms with van der Waals surface area (Å²) < 4.78 is 10.7. The molecule has 0 saturated heterocycles. The van der Waals surface area contributed by atoms with Crippen LogP contribution in [0.3, 0.4) is 0 Å². The molecule has 0 saturated carbocycles. The zero-order chi connectivity index (χ0) is 24.7. The first-order valence-electron chi connectivity index (χ1n) is 10.7. The largest absolute Gasteiger partial charge is 0.495 e. The summed E-state index contributed by atoms with van der Waals surface area (Å²) in [5, 5.41) is 5.76. The standard InChI is InChI=1S/C24H28N6O4/c1-14(2)20(29-21(31)16-11-9-15(3)10-12-16)22(32)34-13-19-27-23(25)30-24(28-19)26-17-7-5-6-8-18(17)33-4/h5-12,14,20H,13H2,1-4H3,(H,29,31)(H3,25,26,27,28,30)/t20-/m0/s1. The third kappa shape index (κ3) is 6.41. The van der Waals surface area contributed by atoms with E-state index in [-0.39, 0.29) is 36.2 Å². The average molecular weight is 465 g/mol. The number of para-hydroxylation sites is 2.